The Hall–Kier alpha value is -4.23. The van der Waals surface area contributed by atoms with Gasteiger partial charge in [-0.3, -0.25) is 9.78 Å². The maximum atomic E-state index is 10.8. The largest absolute Gasteiger partial charge is 0.481 e. The first-order valence-corrected chi connectivity index (χ1v) is 10.9. The summed E-state index contributed by atoms with van der Waals surface area (Å²) in [7, 11) is 0. The SMILES string of the molecule is O=C(O)Cc1ccc(COc2ccc(-c3ccc(-c4nc5cc(Cl)ccc5[nH]4)cn3)cn2)cc1. The number of nitrogens with zero attached hydrogens (tertiary/aromatic N) is 3. The van der Waals surface area contributed by atoms with Crippen LogP contribution in [0.15, 0.2) is 79.1 Å². The number of pyridine rings is 2. The van der Waals surface area contributed by atoms with E-state index in [1.165, 1.54) is 0 Å². The molecular weight excluding hydrogens is 452 g/mol. The molecule has 7 nitrogen and oxygen atoms in total. The molecule has 0 spiro atoms. The molecular formula is C26H19ClN4O3. The second kappa shape index (κ2) is 9.33. The van der Waals surface area contributed by atoms with Gasteiger partial charge in [-0.1, -0.05) is 35.9 Å². The zero-order chi connectivity index (χ0) is 23.5. The Kier molecular flexibility index (Phi) is 5.93. The second-order valence-electron chi connectivity index (χ2n) is 7.74. The zero-order valence-corrected chi connectivity index (χ0v) is 18.7. The molecule has 8 heteroatoms. The van der Waals surface area contributed by atoms with Gasteiger partial charge in [-0.2, -0.15) is 0 Å². The van der Waals surface area contributed by atoms with E-state index in [1.807, 2.05) is 48.5 Å². The van der Waals surface area contributed by atoms with Gasteiger partial charge in [-0.15, -0.1) is 0 Å². The third-order valence-corrected chi connectivity index (χ3v) is 5.51. The monoisotopic (exact) mass is 470 g/mol. The van der Waals surface area contributed by atoms with Gasteiger partial charge in [-0.25, -0.2) is 9.97 Å². The summed E-state index contributed by atoms with van der Waals surface area (Å²) >= 11 is 6.05. The number of aliphatic carboxylic acids is 1. The molecule has 0 aliphatic rings. The fourth-order valence-corrected chi connectivity index (χ4v) is 3.69. The van der Waals surface area contributed by atoms with Gasteiger partial charge in [0.25, 0.3) is 0 Å². The Morgan fingerprint density at radius 1 is 0.912 bits per heavy atom. The van der Waals surface area contributed by atoms with Crippen molar-refractivity contribution >= 4 is 28.6 Å². The van der Waals surface area contributed by atoms with Crippen molar-refractivity contribution in [3.63, 3.8) is 0 Å². The van der Waals surface area contributed by atoms with Gasteiger partial charge in [0.05, 0.1) is 23.1 Å². The third-order valence-electron chi connectivity index (χ3n) is 5.28. The fourth-order valence-electron chi connectivity index (χ4n) is 3.52. The minimum Gasteiger partial charge on any atom is -0.481 e. The predicted molar refractivity (Wildman–Crippen MR) is 130 cm³/mol. The number of carboxylic acids is 1. The van der Waals surface area contributed by atoms with E-state index in [4.69, 9.17) is 21.4 Å². The molecule has 5 aromatic rings. The number of H-pyrrole nitrogens is 1. The normalized spacial score (nSPS) is 11.0. The number of aromatic nitrogens is 4. The first kappa shape index (κ1) is 21.6. The van der Waals surface area contributed by atoms with E-state index in [-0.39, 0.29) is 6.42 Å². The molecule has 0 atom stereocenters. The van der Waals surface area contributed by atoms with Gasteiger partial charge in [0, 0.05) is 34.6 Å². The van der Waals surface area contributed by atoms with Crippen molar-refractivity contribution in [2.75, 3.05) is 0 Å². The Morgan fingerprint density at radius 2 is 1.68 bits per heavy atom. The number of carbonyl (C=O) groups is 1. The van der Waals surface area contributed by atoms with E-state index in [0.29, 0.717) is 17.5 Å². The van der Waals surface area contributed by atoms with Crippen LogP contribution in [0.4, 0.5) is 0 Å². The van der Waals surface area contributed by atoms with E-state index in [2.05, 4.69) is 19.9 Å². The van der Waals surface area contributed by atoms with Gasteiger partial charge in [0.15, 0.2) is 0 Å². The molecule has 2 N–H and O–H groups in total. The number of benzene rings is 2. The van der Waals surface area contributed by atoms with Crippen molar-refractivity contribution in [2.24, 2.45) is 0 Å². The van der Waals surface area contributed by atoms with Crippen LogP contribution >= 0.6 is 11.6 Å². The highest BCUT2D eigenvalue weighted by Gasteiger charge is 2.08. The minimum absolute atomic E-state index is 0.00627. The van der Waals surface area contributed by atoms with E-state index in [1.54, 1.807) is 30.6 Å². The lowest BCUT2D eigenvalue weighted by Crippen LogP contribution is -2.01. The summed E-state index contributed by atoms with van der Waals surface area (Å²) in [5.74, 6) is 0.377. The number of ether oxygens (including phenoxy) is 1. The first-order chi connectivity index (χ1) is 16.5. The summed E-state index contributed by atoms with van der Waals surface area (Å²) in [5.41, 5.74) is 5.94. The molecule has 168 valence electrons. The van der Waals surface area contributed by atoms with Crippen molar-refractivity contribution in [1.82, 2.24) is 19.9 Å². The summed E-state index contributed by atoms with van der Waals surface area (Å²) in [6.07, 6.45) is 3.50. The lowest BCUT2D eigenvalue weighted by atomic mass is 10.1. The number of imidazole rings is 1. The average molecular weight is 471 g/mol. The van der Waals surface area contributed by atoms with Gasteiger partial charge in [0.1, 0.15) is 12.4 Å². The maximum Gasteiger partial charge on any atom is 0.307 e. The van der Waals surface area contributed by atoms with Crippen LogP contribution in [0.3, 0.4) is 0 Å². The molecule has 0 bridgehead atoms. The standard InChI is InChI=1S/C26H19ClN4O3/c27-20-7-9-22-23(12-20)31-26(30-22)19-5-8-21(28-14-19)18-6-10-24(29-13-18)34-15-17-3-1-16(2-4-17)11-25(32)33/h1-10,12-14H,11,15H2,(H,30,31)(H,32,33). The second-order valence-corrected chi connectivity index (χ2v) is 8.18. The van der Waals surface area contributed by atoms with Crippen LogP contribution in [0.5, 0.6) is 5.88 Å². The van der Waals surface area contributed by atoms with Crippen molar-refractivity contribution in [2.45, 2.75) is 13.0 Å². The van der Waals surface area contributed by atoms with Crippen LogP contribution in [-0.2, 0) is 17.8 Å². The predicted octanol–water partition coefficient (Wildman–Crippen LogP) is 5.55. The molecule has 0 fully saturated rings. The zero-order valence-electron chi connectivity index (χ0n) is 17.9. The van der Waals surface area contributed by atoms with Crippen LogP contribution < -0.4 is 4.74 Å². The Labute approximate surface area is 200 Å². The van der Waals surface area contributed by atoms with Crippen molar-refractivity contribution in [3.8, 4) is 28.5 Å². The number of carboxylic acid groups (broad SMARTS) is 1. The number of halogens is 1. The molecule has 0 unspecified atom stereocenters. The highest BCUT2D eigenvalue weighted by atomic mass is 35.5. The summed E-state index contributed by atoms with van der Waals surface area (Å²) in [4.78, 5) is 27.6. The van der Waals surface area contributed by atoms with Crippen molar-refractivity contribution < 1.29 is 14.6 Å². The number of rotatable bonds is 7. The minimum atomic E-state index is -0.850. The fraction of sp³-hybridized carbons (Fsp3) is 0.0769. The van der Waals surface area contributed by atoms with E-state index in [0.717, 1.165) is 44.8 Å². The van der Waals surface area contributed by atoms with Crippen molar-refractivity contribution in [1.29, 1.82) is 0 Å². The molecule has 5 rings (SSSR count). The highest BCUT2D eigenvalue weighted by molar-refractivity contribution is 6.31. The Bertz CT molecular complexity index is 1450. The van der Waals surface area contributed by atoms with Crippen LogP contribution in [-0.4, -0.2) is 31.0 Å². The quantitative estimate of drug-likeness (QED) is 0.323. The van der Waals surface area contributed by atoms with Gasteiger partial charge >= 0.3 is 5.97 Å². The van der Waals surface area contributed by atoms with Crippen LogP contribution in [0.1, 0.15) is 11.1 Å². The number of nitrogens with one attached hydrogen (secondary N) is 1. The van der Waals surface area contributed by atoms with Crippen molar-refractivity contribution in [3.05, 3.63) is 95.3 Å². The number of hydrogen-bond donors (Lipinski definition) is 2. The van der Waals surface area contributed by atoms with Crippen LogP contribution in [0, 0.1) is 0 Å². The first-order valence-electron chi connectivity index (χ1n) is 10.5. The van der Waals surface area contributed by atoms with Gasteiger partial charge in [-0.05, 0) is 47.5 Å². The van der Waals surface area contributed by atoms with Crippen LogP contribution in [0.2, 0.25) is 5.02 Å². The number of fused-ring (bicyclic) bond motifs is 1. The van der Waals surface area contributed by atoms with Crippen LogP contribution in [0.25, 0.3) is 33.7 Å². The topological polar surface area (TPSA) is 101 Å². The molecule has 0 saturated heterocycles. The molecule has 2 aromatic carbocycles. The highest BCUT2D eigenvalue weighted by Crippen LogP contribution is 2.25. The number of aromatic amines is 1. The molecule has 0 aliphatic heterocycles. The molecule has 3 aromatic heterocycles. The Morgan fingerprint density at radius 3 is 2.38 bits per heavy atom. The summed E-state index contributed by atoms with van der Waals surface area (Å²) < 4.78 is 5.75. The Balaban J connectivity index is 1.23. The third kappa shape index (κ3) is 4.89. The lowest BCUT2D eigenvalue weighted by molar-refractivity contribution is -0.136. The smallest absolute Gasteiger partial charge is 0.307 e. The summed E-state index contributed by atoms with van der Waals surface area (Å²) in [5, 5.41) is 9.49. The van der Waals surface area contributed by atoms with E-state index < -0.39 is 5.97 Å². The van der Waals surface area contributed by atoms with E-state index >= 15 is 0 Å². The van der Waals surface area contributed by atoms with Gasteiger partial charge in [0.2, 0.25) is 5.88 Å². The molecule has 0 saturated carbocycles. The molecule has 0 radical (unpaired) electrons. The molecule has 34 heavy (non-hydrogen) atoms. The molecule has 3 heterocycles. The lowest BCUT2D eigenvalue weighted by Gasteiger charge is -2.07. The number of hydrogen-bond acceptors (Lipinski definition) is 5. The molecule has 0 aliphatic carbocycles. The van der Waals surface area contributed by atoms with E-state index in [9.17, 15) is 4.79 Å². The maximum absolute atomic E-state index is 10.8. The van der Waals surface area contributed by atoms with Gasteiger partial charge < -0.3 is 14.8 Å². The molecule has 0 amide bonds. The summed E-state index contributed by atoms with van der Waals surface area (Å²) in [6, 6.07) is 20.4. The summed E-state index contributed by atoms with van der Waals surface area (Å²) in [6.45, 7) is 0.343. The average Bonchev–Trinajstić information content (AvgIpc) is 3.27.